The first-order valence-corrected chi connectivity index (χ1v) is 9.19. The Morgan fingerprint density at radius 3 is 2.63 bits per heavy atom. The fourth-order valence-corrected chi connectivity index (χ4v) is 3.46. The van der Waals surface area contributed by atoms with Crippen LogP contribution < -0.4 is 5.32 Å². The maximum atomic E-state index is 14.2. The molecule has 1 aliphatic heterocycles. The van der Waals surface area contributed by atoms with Crippen LogP contribution in [0.1, 0.15) is 12.8 Å². The molecule has 3 aromatic rings. The summed E-state index contributed by atoms with van der Waals surface area (Å²) in [6.45, 7) is 2.79. The fraction of sp³-hybridized carbons (Fsp3) is 0.389. The van der Waals surface area contributed by atoms with Crippen LogP contribution in [0.2, 0.25) is 5.15 Å². The van der Waals surface area contributed by atoms with E-state index in [9.17, 15) is 8.78 Å². The molecule has 4 rings (SSSR count). The van der Waals surface area contributed by atoms with Crippen LogP contribution in [0.25, 0.3) is 17.0 Å². The van der Waals surface area contributed by atoms with Gasteiger partial charge in [0.1, 0.15) is 11.6 Å². The fourth-order valence-electron chi connectivity index (χ4n) is 3.30. The van der Waals surface area contributed by atoms with Crippen molar-refractivity contribution in [1.29, 1.82) is 0 Å². The minimum Gasteiger partial charge on any atom is -0.367 e. The third kappa shape index (κ3) is 3.59. The summed E-state index contributed by atoms with van der Waals surface area (Å²) in [4.78, 5) is 10.9. The minimum absolute atomic E-state index is 0.0797. The van der Waals surface area contributed by atoms with Gasteiger partial charge in [0.2, 0.25) is 0 Å². The maximum absolute atomic E-state index is 14.2. The zero-order chi connectivity index (χ0) is 19.0. The molecule has 0 bridgehead atoms. The lowest BCUT2D eigenvalue weighted by Crippen LogP contribution is -2.33. The number of halogens is 3. The van der Waals surface area contributed by atoms with Crippen LogP contribution in [0, 0.1) is 17.6 Å². The topological polar surface area (TPSA) is 58.3 Å². The van der Waals surface area contributed by atoms with Gasteiger partial charge in [0, 0.05) is 6.54 Å². The SMILES string of the molecule is CN1CCC(CNc2nc(-c3c(F)cccc3F)nn3c(Cl)cnc23)CC1. The second-order valence-corrected chi connectivity index (χ2v) is 7.21. The number of fused-ring (bicyclic) bond motifs is 1. The van der Waals surface area contributed by atoms with E-state index in [0.29, 0.717) is 23.9 Å². The van der Waals surface area contributed by atoms with Crippen molar-refractivity contribution in [3.05, 3.63) is 41.2 Å². The van der Waals surface area contributed by atoms with Gasteiger partial charge in [-0.05, 0) is 51.0 Å². The number of anilines is 1. The molecule has 9 heteroatoms. The lowest BCUT2D eigenvalue weighted by molar-refractivity contribution is 0.226. The Kier molecular flexibility index (Phi) is 4.92. The molecule has 1 N–H and O–H groups in total. The Balaban J connectivity index is 1.69. The second kappa shape index (κ2) is 7.36. The van der Waals surface area contributed by atoms with Crippen molar-refractivity contribution in [3.63, 3.8) is 0 Å². The van der Waals surface area contributed by atoms with Gasteiger partial charge in [0.05, 0.1) is 11.8 Å². The van der Waals surface area contributed by atoms with E-state index in [1.807, 2.05) is 0 Å². The number of nitrogens with one attached hydrogen (secondary N) is 1. The van der Waals surface area contributed by atoms with E-state index in [0.717, 1.165) is 25.9 Å². The molecule has 0 atom stereocenters. The normalized spacial score (nSPS) is 16.1. The van der Waals surface area contributed by atoms with E-state index in [-0.39, 0.29) is 16.5 Å². The summed E-state index contributed by atoms with van der Waals surface area (Å²) in [7, 11) is 2.11. The molecule has 27 heavy (non-hydrogen) atoms. The molecule has 1 fully saturated rings. The molecule has 0 saturated carbocycles. The summed E-state index contributed by atoms with van der Waals surface area (Å²) in [5.74, 6) is -0.633. The summed E-state index contributed by atoms with van der Waals surface area (Å²) in [5.41, 5.74) is 0.139. The van der Waals surface area contributed by atoms with E-state index in [4.69, 9.17) is 11.6 Å². The van der Waals surface area contributed by atoms with Crippen molar-refractivity contribution in [2.24, 2.45) is 5.92 Å². The summed E-state index contributed by atoms with van der Waals surface area (Å²) < 4.78 is 29.7. The van der Waals surface area contributed by atoms with Gasteiger partial charge in [-0.1, -0.05) is 17.7 Å². The molecule has 1 aliphatic rings. The molecular formula is C18H19ClF2N6. The third-order valence-corrected chi connectivity index (χ3v) is 5.16. The van der Waals surface area contributed by atoms with Crippen molar-refractivity contribution < 1.29 is 8.78 Å². The molecule has 0 radical (unpaired) electrons. The van der Waals surface area contributed by atoms with Crippen molar-refractivity contribution in [2.75, 3.05) is 32.0 Å². The summed E-state index contributed by atoms with van der Waals surface area (Å²) in [5, 5.41) is 7.70. The van der Waals surface area contributed by atoms with E-state index >= 15 is 0 Å². The van der Waals surface area contributed by atoms with E-state index in [2.05, 4.69) is 32.3 Å². The molecule has 0 aliphatic carbocycles. The smallest absolute Gasteiger partial charge is 0.198 e. The quantitative estimate of drug-likeness (QED) is 0.736. The van der Waals surface area contributed by atoms with Gasteiger partial charge in [-0.15, -0.1) is 5.10 Å². The van der Waals surface area contributed by atoms with Crippen LogP contribution >= 0.6 is 11.6 Å². The number of hydrogen-bond donors (Lipinski definition) is 1. The highest BCUT2D eigenvalue weighted by molar-refractivity contribution is 6.29. The van der Waals surface area contributed by atoms with Crippen LogP contribution in [0.4, 0.5) is 14.6 Å². The van der Waals surface area contributed by atoms with Crippen molar-refractivity contribution in [3.8, 4) is 11.4 Å². The molecule has 2 aromatic heterocycles. The van der Waals surface area contributed by atoms with Gasteiger partial charge in [-0.2, -0.15) is 4.52 Å². The van der Waals surface area contributed by atoms with Crippen molar-refractivity contribution >= 4 is 23.1 Å². The molecule has 0 unspecified atom stereocenters. The Hall–Kier alpha value is -2.32. The molecule has 3 heterocycles. The average molecular weight is 393 g/mol. The number of rotatable bonds is 4. The predicted molar refractivity (Wildman–Crippen MR) is 99.9 cm³/mol. The number of imidazole rings is 1. The molecular weight excluding hydrogens is 374 g/mol. The van der Waals surface area contributed by atoms with Crippen LogP contribution in [0.15, 0.2) is 24.4 Å². The van der Waals surface area contributed by atoms with Crippen molar-refractivity contribution in [2.45, 2.75) is 12.8 Å². The zero-order valence-corrected chi connectivity index (χ0v) is 15.5. The lowest BCUT2D eigenvalue weighted by atomic mass is 9.97. The maximum Gasteiger partial charge on any atom is 0.198 e. The van der Waals surface area contributed by atoms with Gasteiger partial charge in [0.15, 0.2) is 22.4 Å². The van der Waals surface area contributed by atoms with Crippen LogP contribution in [-0.4, -0.2) is 51.2 Å². The lowest BCUT2D eigenvalue weighted by Gasteiger charge is -2.29. The monoisotopic (exact) mass is 392 g/mol. The Labute approximate surface area is 160 Å². The number of nitrogens with zero attached hydrogens (tertiary/aromatic N) is 5. The highest BCUT2D eigenvalue weighted by Gasteiger charge is 2.21. The first-order chi connectivity index (χ1) is 13.0. The van der Waals surface area contributed by atoms with Gasteiger partial charge in [0.25, 0.3) is 0 Å². The number of benzene rings is 1. The minimum atomic E-state index is -0.730. The highest BCUT2D eigenvalue weighted by Crippen LogP contribution is 2.27. The first-order valence-electron chi connectivity index (χ1n) is 8.81. The van der Waals surface area contributed by atoms with Gasteiger partial charge >= 0.3 is 0 Å². The van der Waals surface area contributed by atoms with Crippen LogP contribution in [0.3, 0.4) is 0 Å². The van der Waals surface area contributed by atoms with Crippen LogP contribution in [-0.2, 0) is 0 Å². The number of piperidine rings is 1. The summed E-state index contributed by atoms with van der Waals surface area (Å²) >= 11 is 6.14. The molecule has 0 amide bonds. The number of likely N-dealkylation sites (tertiary alicyclic amines) is 1. The standard InChI is InChI=1S/C18H19ClF2N6/c1-26-7-5-11(6-8-26)9-22-17-18-23-10-14(19)27(18)25-16(24-17)15-12(20)3-2-4-13(15)21/h2-4,10-11H,5-9H2,1H3,(H,22,24,25). The largest absolute Gasteiger partial charge is 0.367 e. The Bertz CT molecular complexity index is 948. The molecule has 0 spiro atoms. The van der Waals surface area contributed by atoms with E-state index in [1.54, 1.807) is 0 Å². The van der Waals surface area contributed by atoms with Gasteiger partial charge in [-0.25, -0.2) is 18.7 Å². The molecule has 1 saturated heterocycles. The molecule has 6 nitrogen and oxygen atoms in total. The number of aromatic nitrogens is 4. The van der Waals surface area contributed by atoms with E-state index in [1.165, 1.54) is 28.9 Å². The Morgan fingerprint density at radius 2 is 1.93 bits per heavy atom. The molecule has 142 valence electrons. The third-order valence-electron chi connectivity index (χ3n) is 4.90. The predicted octanol–water partition coefficient (Wildman–Crippen LogP) is 3.48. The van der Waals surface area contributed by atoms with Gasteiger partial charge in [-0.3, -0.25) is 0 Å². The highest BCUT2D eigenvalue weighted by atomic mass is 35.5. The van der Waals surface area contributed by atoms with Gasteiger partial charge < -0.3 is 10.2 Å². The first kappa shape index (κ1) is 18.1. The van der Waals surface area contributed by atoms with Crippen molar-refractivity contribution in [1.82, 2.24) is 24.5 Å². The Morgan fingerprint density at radius 1 is 1.22 bits per heavy atom. The average Bonchev–Trinajstić information content (AvgIpc) is 3.02. The second-order valence-electron chi connectivity index (χ2n) is 6.82. The van der Waals surface area contributed by atoms with Crippen LogP contribution in [0.5, 0.6) is 0 Å². The summed E-state index contributed by atoms with van der Waals surface area (Å²) in [6.07, 6.45) is 3.59. The summed E-state index contributed by atoms with van der Waals surface area (Å²) in [6, 6.07) is 3.65. The molecule has 1 aromatic carbocycles. The zero-order valence-electron chi connectivity index (χ0n) is 14.8. The number of hydrogen-bond acceptors (Lipinski definition) is 5. The van der Waals surface area contributed by atoms with E-state index < -0.39 is 11.6 Å².